The molecular formula is C18H21F3N4O3. The number of rotatable bonds is 3. The topological polar surface area (TPSA) is 105 Å². The zero-order valence-corrected chi connectivity index (χ0v) is 14.9. The smallest absolute Gasteiger partial charge is 0.475 e. The first-order chi connectivity index (χ1) is 13.2. The number of nitrogens with one attached hydrogen (secondary N) is 2. The standard InChI is InChI=1S/C16H20N4O.C2HF3O2/c17-10-14-7-4-8-20(14)16(21)15-9-13(11-18-15)19-12-5-2-1-3-6-12;3-2(4,5)1(6)7/h1-3,5-6,13-15,18-19H,4,7-9,11H2;(H,6,7)/t13-,14-,15-;/m0./s1. The van der Waals surface area contributed by atoms with Crippen molar-refractivity contribution < 1.29 is 27.9 Å². The number of nitrogens with zero attached hydrogens (tertiary/aromatic N) is 2. The summed E-state index contributed by atoms with van der Waals surface area (Å²) < 4.78 is 31.7. The molecule has 0 aliphatic carbocycles. The summed E-state index contributed by atoms with van der Waals surface area (Å²) in [5.41, 5.74) is 1.08. The van der Waals surface area contributed by atoms with Crippen LogP contribution in [0.4, 0.5) is 18.9 Å². The van der Waals surface area contributed by atoms with Crippen LogP contribution >= 0.6 is 0 Å². The molecule has 10 heteroatoms. The molecule has 1 aromatic carbocycles. The van der Waals surface area contributed by atoms with Gasteiger partial charge in [0.1, 0.15) is 6.04 Å². The van der Waals surface area contributed by atoms with Crippen molar-refractivity contribution in [3.63, 3.8) is 0 Å². The number of likely N-dealkylation sites (tertiary alicyclic amines) is 1. The Balaban J connectivity index is 0.000000345. The number of hydrogen-bond donors (Lipinski definition) is 3. The number of anilines is 1. The Hall–Kier alpha value is -2.80. The molecule has 2 aliphatic rings. The summed E-state index contributed by atoms with van der Waals surface area (Å²) in [5, 5.41) is 23.0. The zero-order chi connectivity index (χ0) is 20.7. The van der Waals surface area contributed by atoms with E-state index in [0.29, 0.717) is 6.54 Å². The van der Waals surface area contributed by atoms with Crippen molar-refractivity contribution >= 4 is 17.6 Å². The fraction of sp³-hybridized carbons (Fsp3) is 0.500. The molecule has 7 nitrogen and oxygen atoms in total. The second kappa shape index (κ2) is 9.41. The third-order valence-corrected chi connectivity index (χ3v) is 4.50. The van der Waals surface area contributed by atoms with Crippen molar-refractivity contribution in [3.8, 4) is 6.07 Å². The van der Waals surface area contributed by atoms with E-state index in [2.05, 4.69) is 16.7 Å². The van der Waals surface area contributed by atoms with Crippen molar-refractivity contribution in [1.29, 1.82) is 5.26 Å². The first-order valence-corrected chi connectivity index (χ1v) is 8.77. The van der Waals surface area contributed by atoms with Crippen molar-refractivity contribution in [2.75, 3.05) is 18.4 Å². The number of benzene rings is 1. The number of para-hydroxylation sites is 1. The average Bonchev–Trinajstić information content (AvgIpc) is 3.31. The summed E-state index contributed by atoms with van der Waals surface area (Å²) in [6.45, 7) is 1.49. The number of aliphatic carboxylic acids is 1. The van der Waals surface area contributed by atoms with Crippen LogP contribution in [0.5, 0.6) is 0 Å². The van der Waals surface area contributed by atoms with Gasteiger partial charge in [-0.2, -0.15) is 18.4 Å². The van der Waals surface area contributed by atoms with E-state index in [-0.39, 0.29) is 24.0 Å². The Kier molecular flexibility index (Phi) is 7.23. The maximum absolute atomic E-state index is 12.5. The maximum atomic E-state index is 12.5. The number of amides is 1. The predicted molar refractivity (Wildman–Crippen MR) is 94.3 cm³/mol. The highest BCUT2D eigenvalue weighted by atomic mass is 19.4. The SMILES string of the molecule is N#C[C@@H]1CCCN1C(=O)[C@@H]1C[C@H](Nc2ccccc2)CN1.O=C(O)C(F)(F)F. The number of carboxylic acids is 1. The fourth-order valence-corrected chi connectivity index (χ4v) is 3.17. The molecule has 2 heterocycles. The minimum Gasteiger partial charge on any atom is -0.475 e. The van der Waals surface area contributed by atoms with Crippen LogP contribution in [-0.4, -0.2) is 59.3 Å². The number of hydrogen-bond acceptors (Lipinski definition) is 5. The van der Waals surface area contributed by atoms with Gasteiger partial charge in [-0.25, -0.2) is 4.79 Å². The monoisotopic (exact) mass is 398 g/mol. The van der Waals surface area contributed by atoms with E-state index in [0.717, 1.165) is 31.5 Å². The summed E-state index contributed by atoms with van der Waals surface area (Å²) in [6, 6.07) is 12.1. The van der Waals surface area contributed by atoms with Crippen molar-refractivity contribution in [2.45, 2.75) is 43.6 Å². The van der Waals surface area contributed by atoms with Gasteiger partial charge in [-0.05, 0) is 31.4 Å². The van der Waals surface area contributed by atoms with Gasteiger partial charge in [0.25, 0.3) is 0 Å². The van der Waals surface area contributed by atoms with Crippen LogP contribution in [0.25, 0.3) is 0 Å². The van der Waals surface area contributed by atoms with Gasteiger partial charge in [-0.15, -0.1) is 0 Å². The molecule has 0 saturated carbocycles. The van der Waals surface area contributed by atoms with E-state index >= 15 is 0 Å². The van der Waals surface area contributed by atoms with Crippen LogP contribution in [0.3, 0.4) is 0 Å². The summed E-state index contributed by atoms with van der Waals surface area (Å²) in [5.74, 6) is -2.68. The number of nitriles is 1. The number of carbonyl (C=O) groups is 2. The van der Waals surface area contributed by atoms with Crippen LogP contribution in [0.2, 0.25) is 0 Å². The Labute approximate surface area is 160 Å². The number of alkyl halides is 3. The quantitative estimate of drug-likeness (QED) is 0.719. The third-order valence-electron chi connectivity index (χ3n) is 4.50. The molecular weight excluding hydrogens is 377 g/mol. The van der Waals surface area contributed by atoms with Gasteiger partial charge in [0.15, 0.2) is 0 Å². The van der Waals surface area contributed by atoms with E-state index in [4.69, 9.17) is 15.2 Å². The maximum Gasteiger partial charge on any atom is 0.490 e. The molecule has 1 aromatic rings. The van der Waals surface area contributed by atoms with Gasteiger partial charge in [0.05, 0.1) is 12.1 Å². The molecule has 1 amide bonds. The third kappa shape index (κ3) is 5.85. The zero-order valence-electron chi connectivity index (χ0n) is 14.9. The Bertz CT molecular complexity index is 721. The highest BCUT2D eigenvalue weighted by Gasteiger charge is 2.38. The lowest BCUT2D eigenvalue weighted by molar-refractivity contribution is -0.192. The molecule has 0 bridgehead atoms. The lowest BCUT2D eigenvalue weighted by Crippen LogP contribution is -2.45. The first kappa shape index (κ1) is 21.5. The van der Waals surface area contributed by atoms with E-state index in [1.165, 1.54) is 0 Å². The van der Waals surface area contributed by atoms with Gasteiger partial charge in [-0.1, -0.05) is 18.2 Å². The first-order valence-electron chi connectivity index (χ1n) is 8.77. The number of carboxylic acid groups (broad SMARTS) is 1. The molecule has 3 atom stereocenters. The van der Waals surface area contributed by atoms with E-state index < -0.39 is 12.1 Å². The highest BCUT2D eigenvalue weighted by molar-refractivity contribution is 5.83. The van der Waals surface area contributed by atoms with E-state index in [1.54, 1.807) is 4.90 Å². The van der Waals surface area contributed by atoms with Gasteiger partial charge < -0.3 is 20.6 Å². The molecule has 2 aliphatic heterocycles. The Morgan fingerprint density at radius 3 is 2.50 bits per heavy atom. The predicted octanol–water partition coefficient (Wildman–Crippen LogP) is 1.98. The molecule has 0 radical (unpaired) electrons. The van der Waals surface area contributed by atoms with Gasteiger partial charge in [-0.3, -0.25) is 4.79 Å². The molecule has 28 heavy (non-hydrogen) atoms. The minimum atomic E-state index is -5.08. The van der Waals surface area contributed by atoms with Gasteiger partial charge >= 0.3 is 12.1 Å². The van der Waals surface area contributed by atoms with Crippen molar-refractivity contribution in [1.82, 2.24) is 10.2 Å². The fourth-order valence-electron chi connectivity index (χ4n) is 3.17. The summed E-state index contributed by atoms with van der Waals surface area (Å²) in [6.07, 6.45) is -2.58. The van der Waals surface area contributed by atoms with Crippen LogP contribution < -0.4 is 10.6 Å². The minimum absolute atomic E-state index is 0.0800. The summed E-state index contributed by atoms with van der Waals surface area (Å²) >= 11 is 0. The van der Waals surface area contributed by atoms with Crippen molar-refractivity contribution in [2.24, 2.45) is 0 Å². The Morgan fingerprint density at radius 1 is 1.29 bits per heavy atom. The molecule has 2 fully saturated rings. The Morgan fingerprint density at radius 2 is 1.93 bits per heavy atom. The van der Waals surface area contributed by atoms with Crippen molar-refractivity contribution in [3.05, 3.63) is 30.3 Å². The molecule has 3 rings (SSSR count). The van der Waals surface area contributed by atoms with Crippen LogP contribution in [0.1, 0.15) is 19.3 Å². The van der Waals surface area contributed by atoms with E-state index in [9.17, 15) is 18.0 Å². The van der Waals surface area contributed by atoms with E-state index in [1.807, 2.05) is 30.3 Å². The molecule has 0 aromatic heterocycles. The normalized spacial score (nSPS) is 24.1. The second-order valence-corrected chi connectivity index (χ2v) is 6.53. The van der Waals surface area contributed by atoms with Crippen LogP contribution in [0, 0.1) is 11.3 Å². The lowest BCUT2D eigenvalue weighted by Gasteiger charge is -2.23. The summed E-state index contributed by atoms with van der Waals surface area (Å²) in [4.78, 5) is 23.1. The lowest BCUT2D eigenvalue weighted by atomic mass is 10.1. The summed E-state index contributed by atoms with van der Waals surface area (Å²) in [7, 11) is 0. The molecule has 0 unspecified atom stereocenters. The number of halogens is 3. The molecule has 2 saturated heterocycles. The number of carbonyl (C=O) groups excluding carboxylic acids is 1. The molecule has 3 N–H and O–H groups in total. The van der Waals surface area contributed by atoms with Crippen LogP contribution in [-0.2, 0) is 9.59 Å². The molecule has 0 spiro atoms. The highest BCUT2D eigenvalue weighted by Crippen LogP contribution is 2.21. The molecule has 152 valence electrons. The second-order valence-electron chi connectivity index (χ2n) is 6.53. The van der Waals surface area contributed by atoms with Gasteiger partial charge in [0, 0.05) is 24.8 Å². The van der Waals surface area contributed by atoms with Gasteiger partial charge in [0.2, 0.25) is 5.91 Å². The average molecular weight is 398 g/mol. The largest absolute Gasteiger partial charge is 0.490 e. The van der Waals surface area contributed by atoms with Crippen LogP contribution in [0.15, 0.2) is 30.3 Å².